The van der Waals surface area contributed by atoms with Crippen LogP contribution in [0.4, 0.5) is 4.39 Å². The van der Waals surface area contributed by atoms with Crippen LogP contribution < -0.4 is 5.32 Å². The summed E-state index contributed by atoms with van der Waals surface area (Å²) in [6.07, 6.45) is 2.87. The molecule has 0 unspecified atom stereocenters. The molecule has 3 aromatic rings. The smallest absolute Gasteiger partial charge is 0.140 e. The number of fused-ring (bicyclic) bond motifs is 3. The van der Waals surface area contributed by atoms with Crippen molar-refractivity contribution in [2.24, 2.45) is 0 Å². The average Bonchev–Trinajstić information content (AvgIpc) is 2.85. The van der Waals surface area contributed by atoms with Gasteiger partial charge in [-0.3, -0.25) is 0 Å². The zero-order valence-electron chi connectivity index (χ0n) is 11.6. The molecule has 1 N–H and O–H groups in total. The van der Waals surface area contributed by atoms with Gasteiger partial charge in [0.25, 0.3) is 0 Å². The molecule has 1 aliphatic heterocycles. The van der Waals surface area contributed by atoms with Gasteiger partial charge in [0.15, 0.2) is 0 Å². The monoisotopic (exact) mass is 281 g/mol. The highest BCUT2D eigenvalue weighted by atomic mass is 19.1. The van der Waals surface area contributed by atoms with Crippen LogP contribution in [0.15, 0.2) is 42.6 Å². The van der Waals surface area contributed by atoms with Gasteiger partial charge >= 0.3 is 0 Å². The van der Waals surface area contributed by atoms with Crippen LogP contribution >= 0.6 is 0 Å². The second kappa shape index (κ2) is 4.97. The molecule has 0 aliphatic carbocycles. The fourth-order valence-electron chi connectivity index (χ4n) is 3.14. The summed E-state index contributed by atoms with van der Waals surface area (Å²) in [5.41, 5.74) is 4.82. The summed E-state index contributed by atoms with van der Waals surface area (Å²) in [6.45, 7) is 2.61. The molecule has 1 aliphatic rings. The van der Waals surface area contributed by atoms with Crippen LogP contribution in [0.5, 0.6) is 0 Å². The van der Waals surface area contributed by atoms with Crippen LogP contribution in [0.2, 0.25) is 0 Å². The van der Waals surface area contributed by atoms with E-state index in [4.69, 9.17) is 0 Å². The summed E-state index contributed by atoms with van der Waals surface area (Å²) in [5, 5.41) is 4.67. The van der Waals surface area contributed by atoms with E-state index in [1.165, 1.54) is 28.8 Å². The SMILES string of the molecule is Fc1ccc(Cn2c3c(c4cccnc42)CCNC3)cc1. The van der Waals surface area contributed by atoms with Crippen molar-refractivity contribution in [2.75, 3.05) is 6.54 Å². The Hall–Kier alpha value is -2.20. The second-order valence-electron chi connectivity index (χ2n) is 5.44. The molecule has 2 aromatic heterocycles. The van der Waals surface area contributed by atoms with Crippen LogP contribution in [0.3, 0.4) is 0 Å². The molecule has 21 heavy (non-hydrogen) atoms. The molecule has 4 heteroatoms. The Balaban J connectivity index is 1.85. The van der Waals surface area contributed by atoms with Gasteiger partial charge in [-0.05, 0) is 48.4 Å². The normalized spacial score (nSPS) is 14.3. The predicted molar refractivity (Wildman–Crippen MR) is 80.6 cm³/mol. The highest BCUT2D eigenvalue weighted by Gasteiger charge is 2.20. The summed E-state index contributed by atoms with van der Waals surface area (Å²) < 4.78 is 15.3. The van der Waals surface area contributed by atoms with E-state index < -0.39 is 0 Å². The maximum Gasteiger partial charge on any atom is 0.140 e. The summed E-state index contributed by atoms with van der Waals surface area (Å²) in [6, 6.07) is 10.8. The van der Waals surface area contributed by atoms with Gasteiger partial charge in [-0.1, -0.05) is 12.1 Å². The third-order valence-electron chi connectivity index (χ3n) is 4.14. The van der Waals surface area contributed by atoms with E-state index in [-0.39, 0.29) is 5.82 Å². The number of aromatic nitrogens is 2. The van der Waals surface area contributed by atoms with Crippen molar-refractivity contribution in [3.05, 3.63) is 65.2 Å². The minimum Gasteiger partial charge on any atom is -0.324 e. The fourth-order valence-corrected chi connectivity index (χ4v) is 3.14. The molecule has 0 atom stereocenters. The van der Waals surface area contributed by atoms with Gasteiger partial charge in [0.05, 0.1) is 0 Å². The molecular weight excluding hydrogens is 265 g/mol. The first-order valence-corrected chi connectivity index (χ1v) is 7.23. The van der Waals surface area contributed by atoms with Crippen LogP contribution in [0, 0.1) is 5.82 Å². The molecule has 0 spiro atoms. The van der Waals surface area contributed by atoms with Gasteiger partial charge in [-0.25, -0.2) is 9.37 Å². The Morgan fingerprint density at radius 2 is 2.05 bits per heavy atom. The lowest BCUT2D eigenvalue weighted by Crippen LogP contribution is -2.25. The molecule has 1 aromatic carbocycles. The molecule has 0 bridgehead atoms. The van der Waals surface area contributed by atoms with Crippen molar-refractivity contribution >= 4 is 11.0 Å². The molecular formula is C17H16FN3. The lowest BCUT2D eigenvalue weighted by Gasteiger charge is -2.17. The number of halogens is 1. The van der Waals surface area contributed by atoms with Crippen molar-refractivity contribution in [1.29, 1.82) is 0 Å². The van der Waals surface area contributed by atoms with Crippen molar-refractivity contribution in [3.63, 3.8) is 0 Å². The second-order valence-corrected chi connectivity index (χ2v) is 5.44. The lowest BCUT2D eigenvalue weighted by molar-refractivity contribution is 0.600. The molecule has 106 valence electrons. The highest BCUT2D eigenvalue weighted by molar-refractivity contribution is 5.82. The lowest BCUT2D eigenvalue weighted by atomic mass is 10.1. The van der Waals surface area contributed by atoms with E-state index in [0.29, 0.717) is 0 Å². The third kappa shape index (κ3) is 2.12. The largest absolute Gasteiger partial charge is 0.324 e. The number of rotatable bonds is 2. The molecule has 4 rings (SSSR count). The number of benzene rings is 1. The zero-order valence-corrected chi connectivity index (χ0v) is 11.6. The molecule has 0 radical (unpaired) electrons. The topological polar surface area (TPSA) is 29.9 Å². The molecule has 3 heterocycles. The number of nitrogens with zero attached hydrogens (tertiary/aromatic N) is 2. The number of hydrogen-bond acceptors (Lipinski definition) is 2. The Morgan fingerprint density at radius 3 is 2.90 bits per heavy atom. The van der Waals surface area contributed by atoms with Gasteiger partial charge in [-0.15, -0.1) is 0 Å². The van der Waals surface area contributed by atoms with Crippen LogP contribution in [0.1, 0.15) is 16.8 Å². The molecule has 0 fully saturated rings. The van der Waals surface area contributed by atoms with Crippen molar-refractivity contribution in [1.82, 2.24) is 14.9 Å². The summed E-state index contributed by atoms with van der Waals surface area (Å²) >= 11 is 0. The van der Waals surface area contributed by atoms with Gasteiger partial charge < -0.3 is 9.88 Å². The van der Waals surface area contributed by atoms with Crippen molar-refractivity contribution in [2.45, 2.75) is 19.5 Å². The highest BCUT2D eigenvalue weighted by Crippen LogP contribution is 2.28. The van der Waals surface area contributed by atoms with E-state index in [0.717, 1.165) is 37.3 Å². The molecule has 0 amide bonds. The van der Waals surface area contributed by atoms with Crippen LogP contribution in [-0.2, 0) is 19.5 Å². The minimum atomic E-state index is -0.196. The maximum absolute atomic E-state index is 13.1. The van der Waals surface area contributed by atoms with E-state index in [2.05, 4.69) is 20.9 Å². The minimum absolute atomic E-state index is 0.196. The zero-order chi connectivity index (χ0) is 14.2. The Bertz CT molecular complexity index is 790. The number of hydrogen-bond donors (Lipinski definition) is 1. The van der Waals surface area contributed by atoms with Crippen LogP contribution in [-0.4, -0.2) is 16.1 Å². The number of nitrogens with one attached hydrogen (secondary N) is 1. The van der Waals surface area contributed by atoms with E-state index in [1.54, 1.807) is 0 Å². The van der Waals surface area contributed by atoms with Crippen LogP contribution in [0.25, 0.3) is 11.0 Å². The van der Waals surface area contributed by atoms with Gasteiger partial charge in [0.2, 0.25) is 0 Å². The maximum atomic E-state index is 13.1. The van der Waals surface area contributed by atoms with E-state index >= 15 is 0 Å². The molecule has 3 nitrogen and oxygen atoms in total. The van der Waals surface area contributed by atoms with E-state index in [9.17, 15) is 4.39 Å². The molecule has 0 saturated carbocycles. The summed E-state index contributed by atoms with van der Waals surface area (Å²) in [7, 11) is 0. The molecule has 0 saturated heterocycles. The standard InChI is InChI=1S/C17H16FN3/c18-13-5-3-12(4-6-13)11-21-16-10-19-9-7-14(16)15-2-1-8-20-17(15)21/h1-6,8,19H,7,9-11H2. The Morgan fingerprint density at radius 1 is 1.19 bits per heavy atom. The predicted octanol–water partition coefficient (Wildman–Crippen LogP) is 2.87. The van der Waals surface area contributed by atoms with Gasteiger partial charge in [0, 0.05) is 30.4 Å². The van der Waals surface area contributed by atoms with Crippen molar-refractivity contribution in [3.8, 4) is 0 Å². The number of pyridine rings is 1. The quantitative estimate of drug-likeness (QED) is 0.783. The fraction of sp³-hybridized carbons (Fsp3) is 0.235. The summed E-state index contributed by atoms with van der Waals surface area (Å²) in [4.78, 5) is 4.56. The summed E-state index contributed by atoms with van der Waals surface area (Å²) in [5.74, 6) is -0.196. The first-order chi connectivity index (χ1) is 10.3. The van der Waals surface area contributed by atoms with Gasteiger partial charge in [-0.2, -0.15) is 0 Å². The van der Waals surface area contributed by atoms with Gasteiger partial charge in [0.1, 0.15) is 11.5 Å². The Kier molecular flexibility index (Phi) is 2.97. The first-order valence-electron chi connectivity index (χ1n) is 7.23. The van der Waals surface area contributed by atoms with E-state index in [1.807, 2.05) is 24.4 Å². The Labute approximate surface area is 122 Å². The average molecular weight is 281 g/mol. The third-order valence-corrected chi connectivity index (χ3v) is 4.14. The first kappa shape index (κ1) is 12.5. The van der Waals surface area contributed by atoms with Crippen molar-refractivity contribution < 1.29 is 4.39 Å².